The molecule has 1 N–H and O–H groups in total. The molecule has 0 radical (unpaired) electrons. The molecule has 24 heavy (non-hydrogen) atoms. The molecule has 132 valence electrons. The third kappa shape index (κ3) is 3.67. The Morgan fingerprint density at radius 3 is 2.83 bits per heavy atom. The molecule has 0 saturated carbocycles. The highest BCUT2D eigenvalue weighted by Gasteiger charge is 2.39. The van der Waals surface area contributed by atoms with Crippen molar-refractivity contribution < 1.29 is 14.3 Å². The Morgan fingerprint density at radius 1 is 1.42 bits per heavy atom. The van der Waals surface area contributed by atoms with Gasteiger partial charge in [0.15, 0.2) is 0 Å². The molecule has 2 fully saturated rings. The van der Waals surface area contributed by atoms with Gasteiger partial charge in [-0.25, -0.2) is 0 Å². The highest BCUT2D eigenvalue weighted by molar-refractivity contribution is 6.34. The minimum atomic E-state index is -0.518. The molecule has 2 saturated heterocycles. The van der Waals surface area contributed by atoms with E-state index in [2.05, 4.69) is 5.32 Å². The number of amides is 2. The summed E-state index contributed by atoms with van der Waals surface area (Å²) in [6.45, 7) is 2.29. The van der Waals surface area contributed by atoms with Crippen LogP contribution in [0.1, 0.15) is 6.42 Å². The molecule has 2 atom stereocenters. The van der Waals surface area contributed by atoms with Gasteiger partial charge >= 0.3 is 0 Å². The van der Waals surface area contributed by atoms with Crippen molar-refractivity contribution in [1.29, 1.82) is 0 Å². The van der Waals surface area contributed by atoms with Crippen molar-refractivity contribution in [3.8, 4) is 0 Å². The van der Waals surface area contributed by atoms with E-state index in [9.17, 15) is 9.59 Å². The van der Waals surface area contributed by atoms with Gasteiger partial charge < -0.3 is 19.9 Å². The van der Waals surface area contributed by atoms with Gasteiger partial charge in [0.05, 0.1) is 17.3 Å². The van der Waals surface area contributed by atoms with Gasteiger partial charge in [0, 0.05) is 26.7 Å². The number of benzene rings is 1. The number of ether oxygens (including phenoxy) is 1. The van der Waals surface area contributed by atoms with Crippen LogP contribution in [0.25, 0.3) is 0 Å². The first-order chi connectivity index (χ1) is 11.1. The van der Waals surface area contributed by atoms with Crippen molar-refractivity contribution in [3.05, 3.63) is 29.3 Å². The molecule has 2 amide bonds. The number of nitrogens with one attached hydrogen (secondary N) is 1. The minimum Gasteiger partial charge on any atom is -0.366 e. The third-order valence-electron chi connectivity index (χ3n) is 4.34. The van der Waals surface area contributed by atoms with Crippen LogP contribution in [0, 0.1) is 0 Å². The van der Waals surface area contributed by atoms with Crippen molar-refractivity contribution in [2.75, 3.05) is 38.2 Å². The number of halogens is 2. The van der Waals surface area contributed by atoms with E-state index in [0.717, 1.165) is 6.54 Å². The number of anilines is 1. The average molecular weight is 374 g/mol. The monoisotopic (exact) mass is 373 g/mol. The summed E-state index contributed by atoms with van der Waals surface area (Å²) in [6.07, 6.45) is 0.0721. The number of likely N-dealkylation sites (N-methyl/N-ethyl adjacent to an activating group) is 1. The van der Waals surface area contributed by atoms with Crippen LogP contribution in [0.3, 0.4) is 0 Å². The summed E-state index contributed by atoms with van der Waals surface area (Å²) < 4.78 is 5.49. The lowest BCUT2D eigenvalue weighted by Crippen LogP contribution is -2.52. The first kappa shape index (κ1) is 19.0. The fraction of sp³-hybridized carbons (Fsp3) is 0.500. The van der Waals surface area contributed by atoms with E-state index in [1.54, 1.807) is 18.0 Å². The highest BCUT2D eigenvalue weighted by Crippen LogP contribution is 2.30. The van der Waals surface area contributed by atoms with Crippen molar-refractivity contribution in [3.63, 3.8) is 0 Å². The third-order valence-corrected chi connectivity index (χ3v) is 4.66. The van der Waals surface area contributed by atoms with Gasteiger partial charge in [0.1, 0.15) is 12.1 Å². The molecule has 1 aromatic carbocycles. The summed E-state index contributed by atoms with van der Waals surface area (Å²) in [5.41, 5.74) is 0.693. The van der Waals surface area contributed by atoms with E-state index in [1.807, 2.05) is 18.2 Å². The van der Waals surface area contributed by atoms with Crippen molar-refractivity contribution in [1.82, 2.24) is 10.2 Å². The van der Waals surface area contributed by atoms with E-state index < -0.39 is 12.1 Å². The van der Waals surface area contributed by atoms with Crippen LogP contribution in [0.15, 0.2) is 24.3 Å². The predicted octanol–water partition coefficient (Wildman–Crippen LogP) is 1.31. The second-order valence-corrected chi connectivity index (χ2v) is 6.17. The van der Waals surface area contributed by atoms with Crippen LogP contribution >= 0.6 is 24.0 Å². The van der Waals surface area contributed by atoms with Crippen molar-refractivity contribution in [2.45, 2.75) is 18.6 Å². The Bertz CT molecular complexity index is 608. The standard InChI is InChI=1S/C16H20ClN3O3.ClH/c1-19(16(22)14-10-18-7-9-23-14)13-6-8-20(15(13)21)12-5-3-2-4-11(12)17;/h2-5,13-14,18H,6-10H2,1H3;1H. The lowest BCUT2D eigenvalue weighted by molar-refractivity contribution is -0.148. The Balaban J connectivity index is 0.00000208. The molecule has 2 aliphatic heterocycles. The second-order valence-electron chi connectivity index (χ2n) is 5.76. The van der Waals surface area contributed by atoms with E-state index in [1.165, 1.54) is 4.90 Å². The van der Waals surface area contributed by atoms with Gasteiger partial charge in [-0.1, -0.05) is 23.7 Å². The summed E-state index contributed by atoms with van der Waals surface area (Å²) in [6, 6.07) is 6.78. The van der Waals surface area contributed by atoms with E-state index in [-0.39, 0.29) is 24.2 Å². The van der Waals surface area contributed by atoms with Gasteiger partial charge in [0.2, 0.25) is 5.91 Å². The van der Waals surface area contributed by atoms with Crippen LogP contribution in [-0.2, 0) is 14.3 Å². The first-order valence-electron chi connectivity index (χ1n) is 7.74. The van der Waals surface area contributed by atoms with Crippen molar-refractivity contribution >= 4 is 41.5 Å². The lowest BCUT2D eigenvalue weighted by atomic mass is 10.2. The molecule has 2 aliphatic rings. The van der Waals surface area contributed by atoms with Gasteiger partial charge in [0.25, 0.3) is 5.91 Å². The minimum absolute atomic E-state index is 0. The molecule has 2 heterocycles. The zero-order valence-electron chi connectivity index (χ0n) is 13.4. The number of carbonyl (C=O) groups excluding carboxylic acids is 2. The maximum absolute atomic E-state index is 12.7. The zero-order chi connectivity index (χ0) is 16.4. The maximum Gasteiger partial charge on any atom is 0.253 e. The molecule has 0 spiro atoms. The number of nitrogens with zero attached hydrogens (tertiary/aromatic N) is 2. The van der Waals surface area contributed by atoms with Gasteiger partial charge in [-0.3, -0.25) is 9.59 Å². The Morgan fingerprint density at radius 2 is 2.17 bits per heavy atom. The number of carbonyl (C=O) groups is 2. The highest BCUT2D eigenvalue weighted by atomic mass is 35.5. The van der Waals surface area contributed by atoms with Gasteiger partial charge in [-0.2, -0.15) is 0 Å². The number of morpholine rings is 1. The molecule has 0 aromatic heterocycles. The van der Waals surface area contributed by atoms with Crippen LogP contribution in [0.4, 0.5) is 5.69 Å². The summed E-state index contributed by atoms with van der Waals surface area (Å²) in [4.78, 5) is 28.4. The zero-order valence-corrected chi connectivity index (χ0v) is 15.0. The van der Waals surface area contributed by atoms with Crippen LogP contribution in [-0.4, -0.2) is 62.1 Å². The van der Waals surface area contributed by atoms with E-state index in [4.69, 9.17) is 16.3 Å². The van der Waals surface area contributed by atoms with Crippen molar-refractivity contribution in [2.24, 2.45) is 0 Å². The molecule has 3 rings (SSSR count). The number of hydrogen-bond donors (Lipinski definition) is 1. The smallest absolute Gasteiger partial charge is 0.253 e. The summed E-state index contributed by atoms with van der Waals surface area (Å²) in [5, 5.41) is 3.67. The lowest BCUT2D eigenvalue weighted by Gasteiger charge is -2.30. The molecule has 0 bridgehead atoms. The normalized spacial score (nSPS) is 23.8. The predicted molar refractivity (Wildman–Crippen MR) is 94.8 cm³/mol. The van der Waals surface area contributed by atoms with Gasteiger partial charge in [-0.05, 0) is 18.6 Å². The molecule has 1 aromatic rings. The topological polar surface area (TPSA) is 61.9 Å². The average Bonchev–Trinajstić information content (AvgIpc) is 2.96. The van der Waals surface area contributed by atoms with Crippen LogP contribution in [0.2, 0.25) is 5.02 Å². The fourth-order valence-corrected chi connectivity index (χ4v) is 3.28. The summed E-state index contributed by atoms with van der Waals surface area (Å²) in [5.74, 6) is -0.255. The summed E-state index contributed by atoms with van der Waals surface area (Å²) in [7, 11) is 1.67. The number of para-hydroxylation sites is 1. The fourth-order valence-electron chi connectivity index (χ4n) is 3.04. The number of hydrogen-bond acceptors (Lipinski definition) is 4. The largest absolute Gasteiger partial charge is 0.366 e. The molecular weight excluding hydrogens is 353 g/mol. The molecule has 0 aliphatic carbocycles. The van der Waals surface area contributed by atoms with Crippen LogP contribution < -0.4 is 10.2 Å². The molecule has 2 unspecified atom stereocenters. The Hall–Kier alpha value is -1.34. The SMILES string of the molecule is CN(C(=O)C1CNCCO1)C1CCN(c2ccccc2Cl)C1=O.Cl. The van der Waals surface area contributed by atoms with Crippen LogP contribution in [0.5, 0.6) is 0 Å². The summed E-state index contributed by atoms with van der Waals surface area (Å²) >= 11 is 6.18. The molecular formula is C16H21Cl2N3O3. The maximum atomic E-state index is 12.7. The second kappa shape index (κ2) is 8.16. The Labute approximate surface area is 152 Å². The van der Waals surface area contributed by atoms with E-state index >= 15 is 0 Å². The molecule has 8 heteroatoms. The quantitative estimate of drug-likeness (QED) is 0.867. The molecule has 6 nitrogen and oxygen atoms in total. The Kier molecular flexibility index (Phi) is 6.46. The van der Waals surface area contributed by atoms with Gasteiger partial charge in [-0.15, -0.1) is 12.4 Å². The van der Waals surface area contributed by atoms with E-state index in [0.29, 0.717) is 36.8 Å². The first-order valence-corrected chi connectivity index (χ1v) is 8.12. The number of rotatable bonds is 3.